The van der Waals surface area contributed by atoms with Gasteiger partial charge in [0, 0.05) is 40.5 Å². The van der Waals surface area contributed by atoms with E-state index in [4.69, 9.17) is 17.3 Å². The van der Waals surface area contributed by atoms with Gasteiger partial charge in [-0.05, 0) is 41.7 Å². The number of nitrogens with two attached hydrogens (primary N) is 1. The maximum Gasteiger partial charge on any atom is 0.269 e. The molecule has 0 fully saturated rings. The highest BCUT2D eigenvalue weighted by Gasteiger charge is 2.44. The van der Waals surface area contributed by atoms with Gasteiger partial charge in [-0.1, -0.05) is 37.6 Å². The van der Waals surface area contributed by atoms with Crippen molar-refractivity contribution in [2.45, 2.75) is 32.6 Å². The first-order valence-electron chi connectivity index (χ1n) is 10.1. The van der Waals surface area contributed by atoms with E-state index in [0.29, 0.717) is 34.7 Å². The van der Waals surface area contributed by atoms with Crippen molar-refractivity contribution in [3.8, 4) is 6.07 Å². The molecule has 32 heavy (non-hydrogen) atoms. The predicted octanol–water partition coefficient (Wildman–Crippen LogP) is 5.19. The first-order chi connectivity index (χ1) is 15.1. The Hall–Kier alpha value is -3.63. The summed E-state index contributed by atoms with van der Waals surface area (Å²) in [6, 6.07) is 15.2. The molecule has 162 valence electrons. The zero-order chi connectivity index (χ0) is 23.2. The molecule has 2 aromatic carbocycles. The number of hydrogen-bond donors (Lipinski definition) is 1. The maximum absolute atomic E-state index is 13.4. The molecule has 2 aromatic rings. The first-order valence-corrected chi connectivity index (χ1v) is 10.5. The second kappa shape index (κ2) is 7.81. The van der Waals surface area contributed by atoms with Crippen LogP contribution in [0.4, 0.5) is 11.4 Å². The van der Waals surface area contributed by atoms with Crippen molar-refractivity contribution < 1.29 is 9.72 Å². The number of halogens is 1. The van der Waals surface area contributed by atoms with Crippen LogP contribution >= 0.6 is 11.6 Å². The Bertz CT molecular complexity index is 1220. The van der Waals surface area contributed by atoms with Crippen molar-refractivity contribution in [2.75, 3.05) is 4.90 Å². The van der Waals surface area contributed by atoms with Crippen LogP contribution in [0.25, 0.3) is 0 Å². The van der Waals surface area contributed by atoms with Gasteiger partial charge in [0.05, 0.1) is 22.5 Å². The number of nitrogens with zero attached hydrogens (tertiary/aromatic N) is 3. The summed E-state index contributed by atoms with van der Waals surface area (Å²) < 4.78 is 0. The minimum Gasteiger partial charge on any atom is -0.384 e. The van der Waals surface area contributed by atoms with E-state index in [1.807, 2.05) is 13.8 Å². The van der Waals surface area contributed by atoms with Crippen LogP contribution in [0.3, 0.4) is 0 Å². The smallest absolute Gasteiger partial charge is 0.269 e. The van der Waals surface area contributed by atoms with Crippen LogP contribution in [0.2, 0.25) is 5.02 Å². The summed E-state index contributed by atoms with van der Waals surface area (Å²) in [6.07, 6.45) is 0.919. The SMILES string of the molecule is CC1(C)CC(=O)C2=C(C1)N(c1ccc(Cl)cc1)C(N)=C(C#N)C2c1ccc([N+](=O)[O-])cc1. The summed E-state index contributed by atoms with van der Waals surface area (Å²) in [4.78, 5) is 25.8. The third-order valence-corrected chi connectivity index (χ3v) is 6.16. The molecule has 4 rings (SSSR count). The van der Waals surface area contributed by atoms with Gasteiger partial charge in [-0.3, -0.25) is 19.8 Å². The molecule has 2 aliphatic rings. The molecule has 8 heteroatoms. The summed E-state index contributed by atoms with van der Waals surface area (Å²) in [5.41, 5.74) is 9.02. The highest BCUT2D eigenvalue weighted by atomic mass is 35.5. The highest BCUT2D eigenvalue weighted by Crippen LogP contribution is 2.50. The molecular weight excluding hydrogens is 428 g/mol. The molecule has 0 spiro atoms. The number of Topliss-reactive ketones (excluding diaryl/α,β-unsaturated/α-hetero) is 1. The number of rotatable bonds is 3. The van der Waals surface area contributed by atoms with Crippen molar-refractivity contribution >= 4 is 28.8 Å². The number of hydrogen-bond acceptors (Lipinski definition) is 6. The van der Waals surface area contributed by atoms with E-state index in [9.17, 15) is 20.2 Å². The number of carbonyl (C=O) groups is 1. The Kier molecular flexibility index (Phi) is 5.27. The van der Waals surface area contributed by atoms with E-state index >= 15 is 0 Å². The van der Waals surface area contributed by atoms with Crippen molar-refractivity contribution in [3.05, 3.63) is 91.9 Å². The summed E-state index contributed by atoms with van der Waals surface area (Å²) in [5.74, 6) is -0.496. The van der Waals surface area contributed by atoms with Gasteiger partial charge >= 0.3 is 0 Å². The maximum atomic E-state index is 13.4. The third-order valence-electron chi connectivity index (χ3n) is 5.90. The van der Waals surface area contributed by atoms with Crippen LogP contribution < -0.4 is 10.6 Å². The molecule has 7 nitrogen and oxygen atoms in total. The molecule has 0 aromatic heterocycles. The molecule has 0 radical (unpaired) electrons. The molecule has 0 saturated heterocycles. The lowest BCUT2D eigenvalue weighted by Gasteiger charge is -2.43. The number of ketones is 1. The number of anilines is 1. The van der Waals surface area contributed by atoms with Crippen LogP contribution in [0, 0.1) is 26.9 Å². The van der Waals surface area contributed by atoms with Gasteiger partial charge in [0.15, 0.2) is 5.78 Å². The van der Waals surface area contributed by atoms with E-state index in [2.05, 4.69) is 6.07 Å². The Morgan fingerprint density at radius 1 is 1.16 bits per heavy atom. The number of nitro benzene ring substituents is 1. The molecule has 1 aliphatic heterocycles. The Morgan fingerprint density at radius 2 is 1.78 bits per heavy atom. The van der Waals surface area contributed by atoms with Gasteiger partial charge in [-0.15, -0.1) is 0 Å². The monoisotopic (exact) mass is 448 g/mol. The van der Waals surface area contributed by atoms with E-state index in [0.717, 1.165) is 5.70 Å². The number of benzene rings is 2. The topological polar surface area (TPSA) is 113 Å². The molecule has 0 bridgehead atoms. The van der Waals surface area contributed by atoms with Crippen LogP contribution in [0.15, 0.2) is 71.2 Å². The Balaban J connectivity index is 1.96. The molecule has 1 unspecified atom stereocenters. The fourth-order valence-corrected chi connectivity index (χ4v) is 4.64. The average Bonchev–Trinajstić information content (AvgIpc) is 2.73. The van der Waals surface area contributed by atoms with Gasteiger partial charge in [0.2, 0.25) is 0 Å². The van der Waals surface area contributed by atoms with Gasteiger partial charge in [0.25, 0.3) is 5.69 Å². The second-order valence-electron chi connectivity index (χ2n) is 8.81. The van der Waals surface area contributed by atoms with E-state index in [1.54, 1.807) is 41.3 Å². The molecule has 0 amide bonds. The van der Waals surface area contributed by atoms with Gasteiger partial charge < -0.3 is 5.73 Å². The summed E-state index contributed by atoms with van der Waals surface area (Å²) in [6.45, 7) is 4.05. The second-order valence-corrected chi connectivity index (χ2v) is 9.24. The summed E-state index contributed by atoms with van der Waals surface area (Å²) in [7, 11) is 0. The number of carbonyl (C=O) groups excluding carboxylic acids is 1. The number of non-ortho nitro benzene ring substituents is 1. The summed E-state index contributed by atoms with van der Waals surface area (Å²) in [5, 5.41) is 21.7. The lowest BCUT2D eigenvalue weighted by atomic mass is 9.68. The van der Waals surface area contributed by atoms with Crippen molar-refractivity contribution in [3.63, 3.8) is 0 Å². The molecule has 2 N–H and O–H groups in total. The zero-order valence-electron chi connectivity index (χ0n) is 17.6. The van der Waals surface area contributed by atoms with Crippen LogP contribution in [0.5, 0.6) is 0 Å². The quantitative estimate of drug-likeness (QED) is 0.510. The third kappa shape index (κ3) is 3.63. The minimum atomic E-state index is -0.678. The highest BCUT2D eigenvalue weighted by molar-refractivity contribution is 6.30. The van der Waals surface area contributed by atoms with E-state index in [-0.39, 0.29) is 28.3 Å². The van der Waals surface area contributed by atoms with Crippen LogP contribution in [-0.4, -0.2) is 10.7 Å². The van der Waals surface area contributed by atoms with Crippen molar-refractivity contribution in [1.82, 2.24) is 0 Å². The van der Waals surface area contributed by atoms with E-state index < -0.39 is 10.8 Å². The lowest BCUT2D eigenvalue weighted by molar-refractivity contribution is -0.384. The largest absolute Gasteiger partial charge is 0.384 e. The number of nitro groups is 1. The van der Waals surface area contributed by atoms with Crippen molar-refractivity contribution in [2.24, 2.45) is 11.1 Å². The normalized spacial score (nSPS) is 20.1. The average molecular weight is 449 g/mol. The Morgan fingerprint density at radius 3 is 2.34 bits per heavy atom. The number of allylic oxidation sites excluding steroid dienone is 3. The predicted molar refractivity (Wildman–Crippen MR) is 122 cm³/mol. The summed E-state index contributed by atoms with van der Waals surface area (Å²) >= 11 is 6.06. The lowest BCUT2D eigenvalue weighted by Crippen LogP contribution is -2.42. The van der Waals surface area contributed by atoms with Gasteiger partial charge in [-0.2, -0.15) is 5.26 Å². The molecule has 0 saturated carbocycles. The van der Waals surface area contributed by atoms with E-state index in [1.165, 1.54) is 12.1 Å². The van der Waals surface area contributed by atoms with Crippen LogP contribution in [0.1, 0.15) is 38.2 Å². The van der Waals surface area contributed by atoms with Gasteiger partial charge in [0.1, 0.15) is 5.82 Å². The van der Waals surface area contributed by atoms with Crippen LogP contribution in [-0.2, 0) is 4.79 Å². The molecule has 1 heterocycles. The van der Waals surface area contributed by atoms with Gasteiger partial charge in [-0.25, -0.2) is 0 Å². The Labute approximate surface area is 190 Å². The van der Waals surface area contributed by atoms with Crippen molar-refractivity contribution in [1.29, 1.82) is 5.26 Å². The molecule has 1 aliphatic carbocycles. The zero-order valence-corrected chi connectivity index (χ0v) is 18.4. The molecule has 1 atom stereocenters. The fourth-order valence-electron chi connectivity index (χ4n) is 4.52. The number of nitriles is 1. The molecular formula is C24H21ClN4O3. The minimum absolute atomic E-state index is 0.0567. The standard InChI is InChI=1S/C24H21ClN4O3/c1-24(2)11-19-22(20(30)12-24)21(14-3-7-17(8-4-14)29(31)32)18(13-26)23(27)28(19)16-9-5-15(25)6-10-16/h3-10,21H,11-12,27H2,1-2H3. The first kappa shape index (κ1) is 21.6. The fraction of sp³-hybridized carbons (Fsp3) is 0.250.